The summed E-state index contributed by atoms with van der Waals surface area (Å²) in [6, 6.07) is 0. The summed E-state index contributed by atoms with van der Waals surface area (Å²) in [6.45, 7) is 7.38. The van der Waals surface area contributed by atoms with Crippen molar-refractivity contribution in [3.8, 4) is 0 Å². The number of nitrogens with zero attached hydrogens (tertiary/aromatic N) is 1. The van der Waals surface area contributed by atoms with Crippen molar-refractivity contribution >= 4 is 28.0 Å². The van der Waals surface area contributed by atoms with Crippen LogP contribution < -0.4 is 5.32 Å². The van der Waals surface area contributed by atoms with Crippen molar-refractivity contribution in [3.63, 3.8) is 0 Å². The van der Waals surface area contributed by atoms with Crippen molar-refractivity contribution in [1.29, 1.82) is 0 Å². The molecule has 2 aromatic heterocycles. The molecule has 21 heavy (non-hydrogen) atoms. The lowest BCUT2D eigenvalue weighted by Crippen LogP contribution is -2.24. The van der Waals surface area contributed by atoms with Gasteiger partial charge in [0.05, 0.1) is 17.6 Å². The molecule has 0 bridgehead atoms. The van der Waals surface area contributed by atoms with E-state index in [0.717, 1.165) is 16.1 Å². The molecule has 2 heterocycles. The molecule has 2 aromatic rings. The second-order valence-electron chi connectivity index (χ2n) is 5.31. The monoisotopic (exact) mass is 308 g/mol. The van der Waals surface area contributed by atoms with Crippen LogP contribution >= 0.6 is 11.3 Å². The maximum atomic E-state index is 12.2. The maximum Gasteiger partial charge on any atom is 0.341 e. The van der Waals surface area contributed by atoms with Gasteiger partial charge in [0, 0.05) is 24.3 Å². The second kappa shape index (κ2) is 5.89. The number of nitrogens with one attached hydrogen (secondary N) is 1. The van der Waals surface area contributed by atoms with Crippen LogP contribution in [0.15, 0.2) is 11.6 Å². The van der Waals surface area contributed by atoms with Gasteiger partial charge in [-0.25, -0.2) is 4.79 Å². The minimum Gasteiger partial charge on any atom is -0.459 e. The average molecular weight is 308 g/mol. The number of esters is 1. The number of hydrogen-bond acceptors (Lipinski definition) is 4. The van der Waals surface area contributed by atoms with Gasteiger partial charge in [-0.1, -0.05) is 0 Å². The van der Waals surface area contributed by atoms with Crippen LogP contribution in [0.1, 0.15) is 48.3 Å². The van der Waals surface area contributed by atoms with Crippen LogP contribution in [0.5, 0.6) is 0 Å². The van der Waals surface area contributed by atoms with E-state index in [0.29, 0.717) is 5.56 Å². The quantitative estimate of drug-likeness (QED) is 0.884. The topological polar surface area (TPSA) is 59.8 Å². The zero-order chi connectivity index (χ0) is 15.7. The molecule has 1 atom stereocenters. The number of likely N-dealkylation sites (N-methyl/N-ethyl adjacent to an activating group) is 1. The van der Waals surface area contributed by atoms with Crippen LogP contribution in [-0.2, 0) is 9.53 Å². The molecule has 2 rings (SSSR count). The molecule has 0 fully saturated rings. The van der Waals surface area contributed by atoms with Crippen LogP contribution in [0.25, 0.3) is 4.83 Å². The number of carbonyl (C=O) groups excluding carboxylic acids is 2. The van der Waals surface area contributed by atoms with Gasteiger partial charge in [0.25, 0.3) is 0 Å². The molecular weight excluding hydrogens is 288 g/mol. The average Bonchev–Trinajstić information content (AvgIpc) is 2.93. The fourth-order valence-corrected chi connectivity index (χ4v) is 3.45. The molecule has 0 saturated carbocycles. The summed E-state index contributed by atoms with van der Waals surface area (Å²) < 4.78 is 7.21. The molecule has 6 heteroatoms. The molecule has 0 aliphatic rings. The van der Waals surface area contributed by atoms with Gasteiger partial charge >= 0.3 is 5.97 Å². The Labute approximate surface area is 127 Å². The fourth-order valence-electron chi connectivity index (χ4n) is 2.27. The highest BCUT2D eigenvalue weighted by Crippen LogP contribution is 2.30. The van der Waals surface area contributed by atoms with Crippen molar-refractivity contribution in [1.82, 2.24) is 9.72 Å². The molecular formula is C15H20N2O3S. The smallest absolute Gasteiger partial charge is 0.341 e. The molecule has 1 N–H and O–H groups in total. The SMILES string of the molecule is CNC(=O)C(C)c1csc2c(C(=O)OC(C)C)c(C)cn12. The minimum absolute atomic E-state index is 0.0487. The maximum absolute atomic E-state index is 12.2. The largest absolute Gasteiger partial charge is 0.459 e. The Morgan fingerprint density at radius 1 is 1.33 bits per heavy atom. The third kappa shape index (κ3) is 2.81. The summed E-state index contributed by atoms with van der Waals surface area (Å²) in [5.41, 5.74) is 2.32. The van der Waals surface area contributed by atoms with E-state index in [1.807, 2.05) is 43.7 Å². The first-order valence-electron chi connectivity index (χ1n) is 6.88. The van der Waals surface area contributed by atoms with Crippen molar-refractivity contribution in [3.05, 3.63) is 28.4 Å². The summed E-state index contributed by atoms with van der Waals surface area (Å²) in [6.07, 6.45) is 1.73. The van der Waals surface area contributed by atoms with E-state index in [4.69, 9.17) is 4.74 Å². The van der Waals surface area contributed by atoms with E-state index in [2.05, 4.69) is 5.32 Å². The van der Waals surface area contributed by atoms with Gasteiger partial charge in [0.15, 0.2) is 0 Å². The standard InChI is InChI=1S/C15H20N2O3S/c1-8(2)20-15(19)12-9(3)6-17-11(7-21-14(12)17)10(4)13(18)16-5/h6-8,10H,1-5H3,(H,16,18). The number of amides is 1. The van der Waals surface area contributed by atoms with E-state index >= 15 is 0 Å². The van der Waals surface area contributed by atoms with E-state index in [1.54, 1.807) is 7.05 Å². The molecule has 5 nitrogen and oxygen atoms in total. The normalized spacial score (nSPS) is 12.7. The Bertz CT molecular complexity index is 684. The van der Waals surface area contributed by atoms with Gasteiger partial charge in [-0.05, 0) is 33.3 Å². The lowest BCUT2D eigenvalue weighted by atomic mass is 10.1. The number of thiazole rings is 1. The molecule has 0 spiro atoms. The number of rotatable bonds is 4. The highest BCUT2D eigenvalue weighted by atomic mass is 32.1. The third-order valence-corrected chi connectivity index (χ3v) is 4.33. The Hall–Kier alpha value is -1.82. The lowest BCUT2D eigenvalue weighted by molar-refractivity contribution is -0.121. The Kier molecular flexibility index (Phi) is 4.37. The van der Waals surface area contributed by atoms with Crippen LogP contribution in [0.3, 0.4) is 0 Å². The first-order valence-corrected chi connectivity index (χ1v) is 7.76. The number of aryl methyl sites for hydroxylation is 1. The Morgan fingerprint density at radius 2 is 2.00 bits per heavy atom. The van der Waals surface area contributed by atoms with Gasteiger partial charge in [-0.15, -0.1) is 11.3 Å². The van der Waals surface area contributed by atoms with Gasteiger partial charge in [-0.2, -0.15) is 0 Å². The summed E-state index contributed by atoms with van der Waals surface area (Å²) >= 11 is 1.46. The van der Waals surface area contributed by atoms with Crippen molar-refractivity contribution in [2.45, 2.75) is 39.7 Å². The molecule has 1 amide bonds. The molecule has 0 aliphatic carbocycles. The lowest BCUT2D eigenvalue weighted by Gasteiger charge is -2.08. The predicted molar refractivity (Wildman–Crippen MR) is 83.0 cm³/mol. The number of fused-ring (bicyclic) bond motifs is 1. The molecule has 1 unspecified atom stereocenters. The number of aromatic nitrogens is 1. The summed E-state index contributed by atoms with van der Waals surface area (Å²) in [5, 5.41) is 4.57. The van der Waals surface area contributed by atoms with Gasteiger partial charge in [0.2, 0.25) is 5.91 Å². The number of ether oxygens (including phenoxy) is 1. The third-order valence-electron chi connectivity index (χ3n) is 3.35. The fraction of sp³-hybridized carbons (Fsp3) is 0.467. The van der Waals surface area contributed by atoms with Gasteiger partial charge in [-0.3, -0.25) is 4.79 Å². The minimum atomic E-state index is -0.314. The summed E-state index contributed by atoms with van der Waals surface area (Å²) in [7, 11) is 1.62. The van der Waals surface area contributed by atoms with Crippen LogP contribution in [0.4, 0.5) is 0 Å². The summed E-state index contributed by atoms with van der Waals surface area (Å²) in [5.74, 6) is -0.636. The molecule has 114 valence electrons. The van der Waals surface area contributed by atoms with Crippen molar-refractivity contribution in [2.75, 3.05) is 7.05 Å². The first-order chi connectivity index (χ1) is 9.86. The first kappa shape index (κ1) is 15.6. The van der Waals surface area contributed by atoms with Crippen molar-refractivity contribution in [2.24, 2.45) is 0 Å². The molecule has 0 aromatic carbocycles. The summed E-state index contributed by atoms with van der Waals surface area (Å²) in [4.78, 5) is 24.8. The number of hydrogen-bond donors (Lipinski definition) is 1. The molecule has 0 saturated heterocycles. The van der Waals surface area contributed by atoms with Gasteiger partial charge in [0.1, 0.15) is 4.83 Å². The Morgan fingerprint density at radius 3 is 2.57 bits per heavy atom. The van der Waals surface area contributed by atoms with Crippen LogP contribution in [0, 0.1) is 6.92 Å². The van der Waals surface area contributed by atoms with Crippen LogP contribution in [-0.4, -0.2) is 29.4 Å². The van der Waals surface area contributed by atoms with Crippen LogP contribution in [0.2, 0.25) is 0 Å². The van der Waals surface area contributed by atoms with E-state index in [9.17, 15) is 9.59 Å². The predicted octanol–water partition coefficient (Wildman–Crippen LogP) is 2.72. The highest BCUT2D eigenvalue weighted by Gasteiger charge is 2.24. The molecule has 0 radical (unpaired) electrons. The van der Waals surface area contributed by atoms with E-state index in [-0.39, 0.29) is 23.9 Å². The zero-order valence-corrected chi connectivity index (χ0v) is 13.7. The van der Waals surface area contributed by atoms with E-state index < -0.39 is 0 Å². The van der Waals surface area contributed by atoms with Gasteiger partial charge < -0.3 is 14.5 Å². The zero-order valence-electron chi connectivity index (χ0n) is 12.9. The molecule has 0 aliphatic heterocycles. The Balaban J connectivity index is 2.48. The number of carbonyl (C=O) groups is 2. The highest BCUT2D eigenvalue weighted by molar-refractivity contribution is 7.16. The van der Waals surface area contributed by atoms with Crippen molar-refractivity contribution < 1.29 is 14.3 Å². The van der Waals surface area contributed by atoms with E-state index in [1.165, 1.54) is 11.3 Å². The second-order valence-corrected chi connectivity index (χ2v) is 6.17.